The lowest BCUT2D eigenvalue weighted by molar-refractivity contribution is -0.131. The van der Waals surface area contributed by atoms with Gasteiger partial charge in [-0.2, -0.15) is 5.10 Å². The van der Waals surface area contributed by atoms with Gasteiger partial charge in [-0.3, -0.25) is 14.4 Å². The number of hydrogen-bond acceptors (Lipinski definition) is 4. The van der Waals surface area contributed by atoms with Crippen LogP contribution < -0.4 is 10.7 Å². The number of hydrazone groups is 1. The van der Waals surface area contributed by atoms with Gasteiger partial charge in [-0.1, -0.05) is 0 Å². The highest BCUT2D eigenvalue weighted by Crippen LogP contribution is 2.21. The largest absolute Gasteiger partial charge is 0.346 e. The summed E-state index contributed by atoms with van der Waals surface area (Å²) < 4.78 is 0. The van der Waals surface area contributed by atoms with Crippen molar-refractivity contribution in [2.24, 2.45) is 5.10 Å². The molecule has 2 aliphatic rings. The van der Waals surface area contributed by atoms with Crippen molar-refractivity contribution in [3.8, 4) is 0 Å². The van der Waals surface area contributed by atoms with Crippen LogP contribution in [0.15, 0.2) is 5.10 Å². The number of hydrogen-bond donors (Lipinski definition) is 2. The van der Waals surface area contributed by atoms with Crippen LogP contribution in [0.1, 0.15) is 40.0 Å². The minimum atomic E-state index is -0.307. The maximum absolute atomic E-state index is 12.0. The Balaban J connectivity index is 1.94. The van der Waals surface area contributed by atoms with Crippen molar-refractivity contribution in [2.45, 2.75) is 51.6 Å². The number of likely N-dealkylation sites (tertiary alicyclic amines) is 1. The first-order valence-corrected chi connectivity index (χ1v) is 6.74. The molecule has 0 saturated carbocycles. The van der Waals surface area contributed by atoms with Gasteiger partial charge in [-0.25, -0.2) is 5.43 Å². The third kappa shape index (κ3) is 3.15. The van der Waals surface area contributed by atoms with Gasteiger partial charge in [0.2, 0.25) is 11.8 Å². The van der Waals surface area contributed by atoms with Gasteiger partial charge in [0.05, 0.1) is 6.04 Å². The Morgan fingerprint density at radius 3 is 2.55 bits per heavy atom. The summed E-state index contributed by atoms with van der Waals surface area (Å²) in [5.74, 6) is -0.447. The van der Waals surface area contributed by atoms with E-state index in [-0.39, 0.29) is 35.7 Å². The van der Waals surface area contributed by atoms with Crippen LogP contribution in [0.5, 0.6) is 0 Å². The quantitative estimate of drug-likeness (QED) is 0.732. The standard InChI is InChI=1S/C13H20N4O3/c1-13(2,3)17-7-8(6-11(17)19)14-12(20)9-4-5-10(18)16-15-9/h8H,4-7H2,1-3H3,(H,14,20)(H,16,18). The lowest BCUT2D eigenvalue weighted by Crippen LogP contribution is -2.46. The highest BCUT2D eigenvalue weighted by Gasteiger charge is 2.37. The Morgan fingerprint density at radius 2 is 2.05 bits per heavy atom. The first-order valence-electron chi connectivity index (χ1n) is 6.74. The van der Waals surface area contributed by atoms with Crippen molar-refractivity contribution in [2.75, 3.05) is 6.54 Å². The minimum Gasteiger partial charge on any atom is -0.346 e. The predicted molar refractivity (Wildman–Crippen MR) is 72.8 cm³/mol. The molecule has 7 heteroatoms. The Labute approximate surface area is 117 Å². The molecule has 1 fully saturated rings. The number of carbonyl (C=O) groups is 3. The molecule has 1 atom stereocenters. The number of nitrogens with one attached hydrogen (secondary N) is 2. The van der Waals surface area contributed by atoms with E-state index in [4.69, 9.17) is 0 Å². The highest BCUT2D eigenvalue weighted by molar-refractivity contribution is 6.39. The Bertz CT molecular complexity index is 478. The number of rotatable bonds is 2. The first-order chi connectivity index (χ1) is 9.27. The zero-order valence-corrected chi connectivity index (χ0v) is 12.0. The van der Waals surface area contributed by atoms with E-state index in [2.05, 4.69) is 15.8 Å². The molecule has 0 radical (unpaired) electrons. The summed E-state index contributed by atoms with van der Waals surface area (Å²) >= 11 is 0. The lowest BCUT2D eigenvalue weighted by Gasteiger charge is -2.32. The summed E-state index contributed by atoms with van der Waals surface area (Å²) in [6, 6.07) is -0.199. The van der Waals surface area contributed by atoms with E-state index in [0.717, 1.165) is 0 Å². The highest BCUT2D eigenvalue weighted by atomic mass is 16.2. The molecule has 2 rings (SSSR count). The maximum atomic E-state index is 12.0. The normalized spacial score (nSPS) is 23.4. The van der Waals surface area contributed by atoms with Crippen LogP contribution in [0.4, 0.5) is 0 Å². The van der Waals surface area contributed by atoms with Gasteiger partial charge < -0.3 is 10.2 Å². The van der Waals surface area contributed by atoms with E-state index in [1.165, 1.54) is 0 Å². The maximum Gasteiger partial charge on any atom is 0.267 e. The second-order valence-corrected chi connectivity index (χ2v) is 6.14. The van der Waals surface area contributed by atoms with E-state index >= 15 is 0 Å². The molecule has 0 spiro atoms. The molecule has 1 unspecified atom stereocenters. The van der Waals surface area contributed by atoms with Crippen molar-refractivity contribution in [3.63, 3.8) is 0 Å². The molecule has 1 saturated heterocycles. The number of amides is 3. The Hall–Kier alpha value is -1.92. The van der Waals surface area contributed by atoms with E-state index in [1.807, 2.05) is 20.8 Å². The molecule has 2 heterocycles. The van der Waals surface area contributed by atoms with Gasteiger partial charge in [-0.05, 0) is 20.8 Å². The zero-order valence-electron chi connectivity index (χ0n) is 12.0. The molecule has 0 aliphatic carbocycles. The molecule has 3 amide bonds. The van der Waals surface area contributed by atoms with E-state index in [1.54, 1.807) is 4.90 Å². The van der Waals surface area contributed by atoms with Crippen LogP contribution in [0.3, 0.4) is 0 Å². The molecular weight excluding hydrogens is 260 g/mol. The van der Waals surface area contributed by atoms with Crippen molar-refractivity contribution in [1.29, 1.82) is 0 Å². The van der Waals surface area contributed by atoms with Crippen LogP contribution in [0, 0.1) is 0 Å². The molecule has 0 aromatic carbocycles. The third-order valence-electron chi connectivity index (χ3n) is 3.44. The summed E-state index contributed by atoms with van der Waals surface area (Å²) in [6.07, 6.45) is 0.911. The van der Waals surface area contributed by atoms with Crippen LogP contribution in [0.2, 0.25) is 0 Å². The average Bonchev–Trinajstić information content (AvgIpc) is 2.70. The molecule has 110 valence electrons. The summed E-state index contributed by atoms with van der Waals surface area (Å²) in [4.78, 5) is 36.7. The smallest absolute Gasteiger partial charge is 0.267 e. The fourth-order valence-electron chi connectivity index (χ4n) is 2.36. The lowest BCUT2D eigenvalue weighted by atomic mass is 10.1. The third-order valence-corrected chi connectivity index (χ3v) is 3.44. The molecule has 2 aliphatic heterocycles. The zero-order chi connectivity index (χ0) is 14.9. The Morgan fingerprint density at radius 1 is 1.35 bits per heavy atom. The SMILES string of the molecule is CC(C)(C)N1CC(NC(=O)C2=NNC(=O)CC2)CC1=O. The number of carbonyl (C=O) groups excluding carboxylic acids is 3. The van der Waals surface area contributed by atoms with Crippen molar-refractivity contribution < 1.29 is 14.4 Å². The van der Waals surface area contributed by atoms with Crippen molar-refractivity contribution in [3.05, 3.63) is 0 Å². The second kappa shape index (κ2) is 5.22. The van der Waals surface area contributed by atoms with Gasteiger partial charge in [0, 0.05) is 31.3 Å². The fourth-order valence-corrected chi connectivity index (χ4v) is 2.36. The van der Waals surface area contributed by atoms with Gasteiger partial charge >= 0.3 is 0 Å². The predicted octanol–water partition coefficient (Wildman–Crippen LogP) is -0.232. The van der Waals surface area contributed by atoms with Crippen LogP contribution in [-0.2, 0) is 14.4 Å². The van der Waals surface area contributed by atoms with E-state index in [0.29, 0.717) is 25.1 Å². The summed E-state index contributed by atoms with van der Waals surface area (Å²) in [5, 5.41) is 6.56. The second-order valence-electron chi connectivity index (χ2n) is 6.14. The van der Waals surface area contributed by atoms with Gasteiger partial charge in [0.1, 0.15) is 5.71 Å². The topological polar surface area (TPSA) is 90.9 Å². The molecular formula is C13H20N4O3. The Kier molecular flexibility index (Phi) is 3.78. The van der Waals surface area contributed by atoms with Gasteiger partial charge in [0.25, 0.3) is 5.91 Å². The molecule has 7 nitrogen and oxygen atoms in total. The van der Waals surface area contributed by atoms with Crippen LogP contribution in [-0.4, -0.2) is 46.5 Å². The summed E-state index contributed by atoms with van der Waals surface area (Å²) in [7, 11) is 0. The van der Waals surface area contributed by atoms with Gasteiger partial charge in [0.15, 0.2) is 0 Å². The van der Waals surface area contributed by atoms with Crippen LogP contribution in [0.25, 0.3) is 0 Å². The molecule has 0 aromatic rings. The van der Waals surface area contributed by atoms with Crippen molar-refractivity contribution >= 4 is 23.4 Å². The molecule has 0 aromatic heterocycles. The molecule has 2 N–H and O–H groups in total. The average molecular weight is 280 g/mol. The summed E-state index contributed by atoms with van der Waals surface area (Å²) in [5.41, 5.74) is 2.36. The number of nitrogens with zero attached hydrogens (tertiary/aromatic N) is 2. The fraction of sp³-hybridized carbons (Fsp3) is 0.692. The van der Waals surface area contributed by atoms with Crippen molar-refractivity contribution in [1.82, 2.24) is 15.6 Å². The minimum absolute atomic E-state index is 0.0432. The van der Waals surface area contributed by atoms with Crippen LogP contribution >= 0.6 is 0 Å². The molecule has 0 bridgehead atoms. The summed E-state index contributed by atoms with van der Waals surface area (Å²) in [6.45, 7) is 6.41. The van der Waals surface area contributed by atoms with Gasteiger partial charge in [-0.15, -0.1) is 0 Å². The molecule has 20 heavy (non-hydrogen) atoms. The van der Waals surface area contributed by atoms with E-state index in [9.17, 15) is 14.4 Å². The first kappa shape index (κ1) is 14.5. The van der Waals surface area contributed by atoms with E-state index < -0.39 is 0 Å². The monoisotopic (exact) mass is 280 g/mol.